The predicted molar refractivity (Wildman–Crippen MR) is 65.1 cm³/mol. The maximum atomic E-state index is 10.6. The highest BCUT2D eigenvalue weighted by molar-refractivity contribution is 5.08. The molecule has 0 saturated heterocycles. The van der Waals surface area contributed by atoms with Gasteiger partial charge in [0.1, 0.15) is 0 Å². The Morgan fingerprint density at radius 2 is 2.19 bits per heavy atom. The highest BCUT2D eigenvalue weighted by Gasteiger charge is 2.36. The van der Waals surface area contributed by atoms with E-state index in [1.54, 1.807) is 6.20 Å². The summed E-state index contributed by atoms with van der Waals surface area (Å²) in [4.78, 5) is 4.30. The van der Waals surface area contributed by atoms with Crippen molar-refractivity contribution in [1.29, 1.82) is 0 Å². The van der Waals surface area contributed by atoms with Gasteiger partial charge in [0.05, 0.1) is 5.60 Å². The molecule has 0 radical (unpaired) electrons. The van der Waals surface area contributed by atoms with Crippen molar-refractivity contribution in [2.45, 2.75) is 45.1 Å². The van der Waals surface area contributed by atoms with E-state index >= 15 is 0 Å². The second-order valence-corrected chi connectivity index (χ2v) is 5.42. The van der Waals surface area contributed by atoms with E-state index in [9.17, 15) is 5.11 Å². The first kappa shape index (κ1) is 11.6. The molecule has 2 heteroatoms. The van der Waals surface area contributed by atoms with Crippen molar-refractivity contribution in [3.8, 4) is 0 Å². The van der Waals surface area contributed by atoms with E-state index in [0.29, 0.717) is 12.3 Å². The van der Waals surface area contributed by atoms with Crippen LogP contribution in [0.4, 0.5) is 0 Å². The Morgan fingerprint density at radius 1 is 1.38 bits per heavy atom. The van der Waals surface area contributed by atoms with Gasteiger partial charge in [0.25, 0.3) is 0 Å². The Labute approximate surface area is 97.7 Å². The highest BCUT2D eigenvalue weighted by Crippen LogP contribution is 2.37. The van der Waals surface area contributed by atoms with Crippen molar-refractivity contribution in [3.05, 3.63) is 30.1 Å². The van der Waals surface area contributed by atoms with Crippen molar-refractivity contribution in [3.63, 3.8) is 0 Å². The highest BCUT2D eigenvalue weighted by atomic mass is 16.3. The summed E-state index contributed by atoms with van der Waals surface area (Å²) in [6, 6.07) is 5.90. The van der Waals surface area contributed by atoms with Gasteiger partial charge in [0.15, 0.2) is 0 Å². The molecule has 1 fully saturated rings. The lowest BCUT2D eigenvalue weighted by molar-refractivity contribution is -0.0286. The summed E-state index contributed by atoms with van der Waals surface area (Å²) in [6.45, 7) is 4.53. The molecule has 3 unspecified atom stereocenters. The van der Waals surface area contributed by atoms with Crippen LogP contribution >= 0.6 is 0 Å². The van der Waals surface area contributed by atoms with Gasteiger partial charge in [0.2, 0.25) is 0 Å². The average Bonchev–Trinajstić information content (AvgIpc) is 2.25. The van der Waals surface area contributed by atoms with Gasteiger partial charge in [-0.25, -0.2) is 0 Å². The minimum absolute atomic E-state index is 0.528. The van der Waals surface area contributed by atoms with E-state index < -0.39 is 5.60 Å². The second kappa shape index (κ2) is 4.54. The Kier molecular flexibility index (Phi) is 3.29. The van der Waals surface area contributed by atoms with Gasteiger partial charge in [-0.05, 0) is 43.2 Å². The van der Waals surface area contributed by atoms with E-state index in [1.165, 1.54) is 0 Å². The van der Waals surface area contributed by atoms with Crippen molar-refractivity contribution in [2.75, 3.05) is 0 Å². The predicted octanol–water partition coefficient (Wildman–Crippen LogP) is 2.81. The third-order valence-corrected chi connectivity index (χ3v) is 3.97. The van der Waals surface area contributed by atoms with Gasteiger partial charge in [-0.3, -0.25) is 4.98 Å². The molecular formula is C14H21NO. The zero-order chi connectivity index (χ0) is 11.6. The molecule has 0 aromatic carbocycles. The van der Waals surface area contributed by atoms with Gasteiger partial charge in [-0.15, -0.1) is 0 Å². The average molecular weight is 219 g/mol. The normalized spacial score (nSPS) is 34.9. The summed E-state index contributed by atoms with van der Waals surface area (Å²) in [5.74, 6) is 1.35. The van der Waals surface area contributed by atoms with Crippen LogP contribution in [0.1, 0.15) is 38.8 Å². The Morgan fingerprint density at radius 3 is 2.81 bits per heavy atom. The van der Waals surface area contributed by atoms with Crippen LogP contribution in [0.3, 0.4) is 0 Å². The second-order valence-electron chi connectivity index (χ2n) is 5.42. The van der Waals surface area contributed by atoms with E-state index in [4.69, 9.17) is 0 Å². The Hall–Kier alpha value is -0.890. The van der Waals surface area contributed by atoms with E-state index in [-0.39, 0.29) is 0 Å². The fraction of sp³-hybridized carbons (Fsp3) is 0.643. The molecule has 1 N–H and O–H groups in total. The van der Waals surface area contributed by atoms with Crippen LogP contribution in [0.25, 0.3) is 0 Å². The monoisotopic (exact) mass is 219 g/mol. The minimum atomic E-state index is -0.528. The molecular weight excluding hydrogens is 198 g/mol. The fourth-order valence-corrected chi connectivity index (χ4v) is 2.68. The Bertz CT molecular complexity index is 338. The topological polar surface area (TPSA) is 33.1 Å². The standard InChI is InChI=1S/C14H21NO/c1-11-6-7-14(16,9-12(11)2)10-13-5-3-4-8-15-13/h3-5,8,11-12,16H,6-7,9-10H2,1-2H3. The summed E-state index contributed by atoms with van der Waals surface area (Å²) in [7, 11) is 0. The lowest BCUT2D eigenvalue weighted by Crippen LogP contribution is -2.39. The van der Waals surface area contributed by atoms with Crippen LogP contribution in [-0.4, -0.2) is 15.7 Å². The van der Waals surface area contributed by atoms with Gasteiger partial charge < -0.3 is 5.11 Å². The lowest BCUT2D eigenvalue weighted by Gasteiger charge is -2.39. The lowest BCUT2D eigenvalue weighted by atomic mass is 9.71. The SMILES string of the molecule is CC1CCC(O)(Cc2ccccn2)CC1C. The van der Waals surface area contributed by atoms with E-state index in [2.05, 4.69) is 18.8 Å². The molecule has 1 aromatic rings. The molecule has 1 saturated carbocycles. The Balaban J connectivity index is 2.04. The first-order valence-corrected chi connectivity index (χ1v) is 6.21. The smallest absolute Gasteiger partial charge is 0.0705 e. The quantitative estimate of drug-likeness (QED) is 0.829. The van der Waals surface area contributed by atoms with E-state index in [0.717, 1.165) is 30.9 Å². The van der Waals surface area contributed by atoms with Crippen LogP contribution in [0, 0.1) is 11.8 Å². The summed E-state index contributed by atoms with van der Waals surface area (Å²) in [5.41, 5.74) is 0.479. The molecule has 88 valence electrons. The minimum Gasteiger partial charge on any atom is -0.389 e. The van der Waals surface area contributed by atoms with E-state index in [1.807, 2.05) is 18.2 Å². The summed E-state index contributed by atoms with van der Waals surface area (Å²) in [6.07, 6.45) is 5.45. The molecule has 0 spiro atoms. The summed E-state index contributed by atoms with van der Waals surface area (Å²) < 4.78 is 0. The van der Waals surface area contributed by atoms with Gasteiger partial charge in [-0.2, -0.15) is 0 Å². The van der Waals surface area contributed by atoms with Crippen molar-refractivity contribution >= 4 is 0 Å². The summed E-state index contributed by atoms with van der Waals surface area (Å²) in [5, 5.41) is 10.6. The van der Waals surface area contributed by atoms with Crippen LogP contribution in [0.5, 0.6) is 0 Å². The molecule has 1 aliphatic carbocycles. The largest absolute Gasteiger partial charge is 0.389 e. The molecule has 1 aliphatic rings. The van der Waals surface area contributed by atoms with Crippen LogP contribution < -0.4 is 0 Å². The fourth-order valence-electron chi connectivity index (χ4n) is 2.68. The first-order valence-electron chi connectivity index (χ1n) is 6.21. The third-order valence-electron chi connectivity index (χ3n) is 3.97. The number of hydrogen-bond donors (Lipinski definition) is 1. The van der Waals surface area contributed by atoms with Crippen LogP contribution in [0.15, 0.2) is 24.4 Å². The molecule has 16 heavy (non-hydrogen) atoms. The van der Waals surface area contributed by atoms with Crippen LogP contribution in [-0.2, 0) is 6.42 Å². The zero-order valence-electron chi connectivity index (χ0n) is 10.2. The molecule has 0 aliphatic heterocycles. The number of aromatic nitrogens is 1. The summed E-state index contributed by atoms with van der Waals surface area (Å²) >= 11 is 0. The molecule has 1 aromatic heterocycles. The van der Waals surface area contributed by atoms with Crippen molar-refractivity contribution in [1.82, 2.24) is 4.98 Å². The molecule has 0 amide bonds. The third kappa shape index (κ3) is 2.62. The van der Waals surface area contributed by atoms with Crippen molar-refractivity contribution < 1.29 is 5.11 Å². The van der Waals surface area contributed by atoms with Crippen molar-refractivity contribution in [2.24, 2.45) is 11.8 Å². The number of nitrogens with zero attached hydrogens (tertiary/aromatic N) is 1. The zero-order valence-corrected chi connectivity index (χ0v) is 10.2. The maximum Gasteiger partial charge on any atom is 0.0705 e. The van der Waals surface area contributed by atoms with Gasteiger partial charge >= 0.3 is 0 Å². The molecule has 1 heterocycles. The maximum absolute atomic E-state index is 10.6. The first-order chi connectivity index (χ1) is 7.59. The number of aliphatic hydroxyl groups is 1. The number of pyridine rings is 1. The molecule has 2 nitrogen and oxygen atoms in total. The molecule has 2 rings (SSSR count). The van der Waals surface area contributed by atoms with Gasteiger partial charge in [-0.1, -0.05) is 19.9 Å². The molecule has 0 bridgehead atoms. The number of rotatable bonds is 2. The van der Waals surface area contributed by atoms with Gasteiger partial charge in [0, 0.05) is 18.3 Å². The van der Waals surface area contributed by atoms with Crippen LogP contribution in [0.2, 0.25) is 0 Å². The number of hydrogen-bond acceptors (Lipinski definition) is 2. The molecule has 3 atom stereocenters.